The first kappa shape index (κ1) is 16.7. The number of alkyl halides is 3. The molecule has 0 amide bonds. The van der Waals surface area contributed by atoms with Crippen LogP contribution >= 0.6 is 0 Å². The fraction of sp³-hybridized carbons (Fsp3) is 1.00. The Labute approximate surface area is 102 Å². The zero-order valence-electron chi connectivity index (χ0n) is 10.9. The summed E-state index contributed by atoms with van der Waals surface area (Å²) in [6.07, 6.45) is -2.04. The summed E-state index contributed by atoms with van der Waals surface area (Å²) in [5.41, 5.74) is 0. The molecule has 2 unspecified atom stereocenters. The van der Waals surface area contributed by atoms with E-state index >= 15 is 0 Å². The van der Waals surface area contributed by atoms with Gasteiger partial charge in [-0.3, -0.25) is 0 Å². The number of methoxy groups -OCH3 is 1. The van der Waals surface area contributed by atoms with Gasteiger partial charge in [0, 0.05) is 19.6 Å². The Morgan fingerprint density at radius 3 is 2.29 bits per heavy atom. The Balaban J connectivity index is 3.81. The summed E-state index contributed by atoms with van der Waals surface area (Å²) < 4.78 is 41.2. The van der Waals surface area contributed by atoms with Crippen LogP contribution in [0.25, 0.3) is 0 Å². The van der Waals surface area contributed by atoms with Crippen LogP contribution in [-0.4, -0.2) is 32.0 Å². The van der Waals surface area contributed by atoms with E-state index in [9.17, 15) is 13.2 Å². The smallest absolute Gasteiger partial charge is 0.382 e. The largest absolute Gasteiger partial charge is 0.389 e. The van der Waals surface area contributed by atoms with E-state index in [0.29, 0.717) is 6.42 Å². The van der Waals surface area contributed by atoms with Crippen molar-refractivity contribution in [2.45, 2.75) is 64.3 Å². The van der Waals surface area contributed by atoms with Crippen LogP contribution in [0.15, 0.2) is 0 Å². The van der Waals surface area contributed by atoms with Crippen LogP contribution in [0.2, 0.25) is 0 Å². The topological polar surface area (TPSA) is 21.3 Å². The average Bonchev–Trinajstić information content (AvgIpc) is 2.23. The van der Waals surface area contributed by atoms with Gasteiger partial charge >= 0.3 is 6.18 Å². The zero-order chi connectivity index (χ0) is 13.3. The van der Waals surface area contributed by atoms with Crippen LogP contribution in [0.1, 0.15) is 46.0 Å². The minimum Gasteiger partial charge on any atom is -0.382 e. The summed E-state index contributed by atoms with van der Waals surface area (Å²) in [6.45, 7) is 4.73. The lowest BCUT2D eigenvalue weighted by Gasteiger charge is -2.20. The van der Waals surface area contributed by atoms with Crippen molar-refractivity contribution in [1.29, 1.82) is 0 Å². The first-order chi connectivity index (χ1) is 7.89. The molecule has 0 fully saturated rings. The van der Waals surface area contributed by atoms with E-state index in [2.05, 4.69) is 5.32 Å². The van der Waals surface area contributed by atoms with E-state index in [4.69, 9.17) is 4.74 Å². The van der Waals surface area contributed by atoms with Crippen LogP contribution in [0, 0.1) is 0 Å². The average molecular weight is 255 g/mol. The molecule has 0 bridgehead atoms. The molecule has 2 nitrogen and oxygen atoms in total. The van der Waals surface area contributed by atoms with Gasteiger partial charge in [0.25, 0.3) is 0 Å². The van der Waals surface area contributed by atoms with Gasteiger partial charge in [-0.25, -0.2) is 0 Å². The molecule has 0 radical (unpaired) electrons. The van der Waals surface area contributed by atoms with Crippen molar-refractivity contribution >= 4 is 0 Å². The van der Waals surface area contributed by atoms with Crippen molar-refractivity contribution in [3.63, 3.8) is 0 Å². The Morgan fingerprint density at radius 2 is 1.82 bits per heavy atom. The molecular formula is C12H24F3NO. The molecule has 104 valence electrons. The van der Waals surface area contributed by atoms with E-state index in [1.807, 2.05) is 13.8 Å². The van der Waals surface area contributed by atoms with Crippen molar-refractivity contribution in [1.82, 2.24) is 5.32 Å². The normalized spacial score (nSPS) is 15.9. The van der Waals surface area contributed by atoms with Gasteiger partial charge in [-0.05, 0) is 39.2 Å². The van der Waals surface area contributed by atoms with Gasteiger partial charge in [0.1, 0.15) is 0 Å². The Hall–Kier alpha value is -0.290. The van der Waals surface area contributed by atoms with Gasteiger partial charge < -0.3 is 10.1 Å². The maximum absolute atomic E-state index is 12.0. The molecular weight excluding hydrogens is 231 g/mol. The van der Waals surface area contributed by atoms with Crippen molar-refractivity contribution < 1.29 is 17.9 Å². The van der Waals surface area contributed by atoms with Crippen LogP contribution in [0.3, 0.4) is 0 Å². The lowest BCUT2D eigenvalue weighted by Crippen LogP contribution is -2.30. The maximum atomic E-state index is 12.0. The van der Waals surface area contributed by atoms with Crippen LogP contribution in [-0.2, 0) is 4.74 Å². The van der Waals surface area contributed by atoms with E-state index in [-0.39, 0.29) is 18.6 Å². The summed E-state index contributed by atoms with van der Waals surface area (Å²) in [5.74, 6) is 0. The second-order valence-electron chi connectivity index (χ2n) is 4.39. The molecule has 0 aliphatic carbocycles. The zero-order valence-corrected chi connectivity index (χ0v) is 10.9. The number of ether oxygens (including phenoxy) is 1. The molecule has 2 atom stereocenters. The highest BCUT2D eigenvalue weighted by molar-refractivity contribution is 4.69. The van der Waals surface area contributed by atoms with E-state index in [1.165, 1.54) is 0 Å². The fourth-order valence-corrected chi connectivity index (χ4v) is 1.74. The third-order valence-corrected chi connectivity index (χ3v) is 2.83. The van der Waals surface area contributed by atoms with Gasteiger partial charge in [0.15, 0.2) is 0 Å². The Morgan fingerprint density at radius 1 is 1.18 bits per heavy atom. The minimum absolute atomic E-state index is 0.166. The molecule has 1 N–H and O–H groups in total. The Bertz CT molecular complexity index is 185. The third kappa shape index (κ3) is 10.6. The molecule has 0 saturated heterocycles. The van der Waals surface area contributed by atoms with E-state index in [1.54, 1.807) is 7.11 Å². The van der Waals surface area contributed by atoms with Gasteiger partial charge in [-0.2, -0.15) is 13.2 Å². The van der Waals surface area contributed by atoms with Gasteiger partial charge in [0.2, 0.25) is 0 Å². The molecule has 0 heterocycles. The predicted octanol–water partition coefficient (Wildman–Crippen LogP) is 3.51. The maximum Gasteiger partial charge on any atom is 0.389 e. The summed E-state index contributed by atoms with van der Waals surface area (Å²) in [6, 6.07) is 0.167. The number of nitrogens with one attached hydrogen (secondary N) is 1. The van der Waals surface area contributed by atoms with Crippen LogP contribution < -0.4 is 5.32 Å². The summed E-state index contributed by atoms with van der Waals surface area (Å²) in [5, 5.41) is 3.23. The third-order valence-electron chi connectivity index (χ3n) is 2.83. The van der Waals surface area contributed by atoms with Gasteiger partial charge in [-0.15, -0.1) is 0 Å². The molecule has 0 aliphatic heterocycles. The summed E-state index contributed by atoms with van der Waals surface area (Å²) in [7, 11) is 1.65. The second-order valence-corrected chi connectivity index (χ2v) is 4.39. The number of rotatable bonds is 9. The molecule has 0 aromatic carbocycles. The lowest BCUT2D eigenvalue weighted by atomic mass is 10.0. The molecule has 0 aromatic heterocycles. The summed E-state index contributed by atoms with van der Waals surface area (Å²) in [4.78, 5) is 0. The molecule has 0 aliphatic rings. The highest BCUT2D eigenvalue weighted by Crippen LogP contribution is 2.23. The standard InChI is InChI=1S/C12H24F3NO/c1-4-16-11(8-7-10(2)17-3)6-5-9-12(13,14)15/h10-11,16H,4-9H2,1-3H3. The molecule has 0 aromatic rings. The molecule has 17 heavy (non-hydrogen) atoms. The van der Waals surface area contributed by atoms with Gasteiger partial charge in [0.05, 0.1) is 6.10 Å². The molecule has 5 heteroatoms. The lowest BCUT2D eigenvalue weighted by molar-refractivity contribution is -0.135. The molecule has 0 saturated carbocycles. The quantitative estimate of drug-likeness (QED) is 0.680. The van der Waals surface area contributed by atoms with Crippen LogP contribution in [0.4, 0.5) is 13.2 Å². The monoisotopic (exact) mass is 255 g/mol. The number of halogens is 3. The van der Waals surface area contributed by atoms with E-state index < -0.39 is 12.6 Å². The number of hydrogen-bond acceptors (Lipinski definition) is 2. The first-order valence-corrected chi connectivity index (χ1v) is 6.22. The minimum atomic E-state index is -4.03. The van der Waals surface area contributed by atoms with Crippen molar-refractivity contribution in [3.8, 4) is 0 Å². The number of hydrogen-bond donors (Lipinski definition) is 1. The van der Waals surface area contributed by atoms with Crippen molar-refractivity contribution in [3.05, 3.63) is 0 Å². The molecule has 0 spiro atoms. The highest BCUT2D eigenvalue weighted by atomic mass is 19.4. The first-order valence-electron chi connectivity index (χ1n) is 6.22. The fourth-order valence-electron chi connectivity index (χ4n) is 1.74. The Kier molecular flexibility index (Phi) is 8.60. The van der Waals surface area contributed by atoms with E-state index in [0.717, 1.165) is 19.4 Å². The van der Waals surface area contributed by atoms with Crippen LogP contribution in [0.5, 0.6) is 0 Å². The predicted molar refractivity (Wildman–Crippen MR) is 63.1 cm³/mol. The van der Waals surface area contributed by atoms with Crippen molar-refractivity contribution in [2.75, 3.05) is 13.7 Å². The highest BCUT2D eigenvalue weighted by Gasteiger charge is 2.26. The van der Waals surface area contributed by atoms with Crippen molar-refractivity contribution in [2.24, 2.45) is 0 Å². The summed E-state index contributed by atoms with van der Waals surface area (Å²) >= 11 is 0. The SMILES string of the molecule is CCNC(CCCC(F)(F)F)CCC(C)OC. The second kappa shape index (κ2) is 8.75. The van der Waals surface area contributed by atoms with Gasteiger partial charge in [-0.1, -0.05) is 6.92 Å². The molecule has 0 rings (SSSR count).